The van der Waals surface area contributed by atoms with Gasteiger partial charge in [0.15, 0.2) is 0 Å². The molecule has 0 aromatic rings. The van der Waals surface area contributed by atoms with Crippen LogP contribution in [0.3, 0.4) is 0 Å². The minimum absolute atomic E-state index is 0.564. The first-order valence-electron chi connectivity index (χ1n) is 5.64. The van der Waals surface area contributed by atoms with Crippen LogP contribution >= 0.6 is 15.9 Å². The van der Waals surface area contributed by atoms with E-state index < -0.39 is 16.9 Å². The molecule has 2 unspecified atom stereocenters. The molecule has 0 radical (unpaired) electrons. The Labute approximate surface area is 100 Å². The maximum atomic E-state index is 10.5. The summed E-state index contributed by atoms with van der Waals surface area (Å²) in [5.74, 6) is -0.992. The molecule has 0 spiro atoms. The largest absolute Gasteiger partial charge is 0.480 e. The van der Waals surface area contributed by atoms with Gasteiger partial charge >= 0.3 is 5.97 Å². The number of carboxylic acid groups (broad SMARTS) is 1. The molecule has 90 valence electrons. The van der Waals surface area contributed by atoms with E-state index in [4.69, 9.17) is 5.11 Å². The molecule has 0 saturated heterocycles. The maximum Gasteiger partial charge on any atom is 0.319 e. The summed E-state index contributed by atoms with van der Waals surface area (Å²) in [6.07, 6.45) is 6.69. The smallest absolute Gasteiger partial charge is 0.319 e. The summed E-state index contributed by atoms with van der Waals surface area (Å²) in [4.78, 5) is 9.68. The van der Waals surface area contributed by atoms with Crippen LogP contribution in [0.25, 0.3) is 0 Å². The van der Waals surface area contributed by atoms with Crippen molar-refractivity contribution in [2.75, 3.05) is 0 Å². The minimum Gasteiger partial charge on any atom is -0.480 e. The topological polar surface area (TPSA) is 57.5 Å². The molecule has 2 N–H and O–H groups in total. The third kappa shape index (κ3) is 7.79. The fraction of sp³-hybridized carbons (Fsp3) is 0.909. The predicted molar refractivity (Wildman–Crippen MR) is 64.4 cm³/mol. The number of rotatable bonds is 9. The highest BCUT2D eigenvalue weighted by molar-refractivity contribution is 9.10. The molecule has 0 aromatic carbocycles. The number of halogens is 1. The molecule has 3 nitrogen and oxygen atoms in total. The highest BCUT2D eigenvalue weighted by Gasteiger charge is 2.22. The number of aliphatic hydroxyl groups excluding tert-OH is 1. The molecule has 0 bridgehead atoms. The zero-order valence-corrected chi connectivity index (χ0v) is 10.9. The molecule has 0 aliphatic rings. The molecule has 0 rings (SSSR count). The average molecular weight is 281 g/mol. The van der Waals surface area contributed by atoms with Crippen molar-refractivity contribution < 1.29 is 15.0 Å². The molecule has 0 heterocycles. The van der Waals surface area contributed by atoms with Gasteiger partial charge in [0, 0.05) is 0 Å². The van der Waals surface area contributed by atoms with E-state index in [1.165, 1.54) is 25.7 Å². The van der Waals surface area contributed by atoms with E-state index in [-0.39, 0.29) is 0 Å². The van der Waals surface area contributed by atoms with Gasteiger partial charge in [-0.05, 0) is 6.42 Å². The van der Waals surface area contributed by atoms with Gasteiger partial charge in [-0.2, -0.15) is 0 Å². The van der Waals surface area contributed by atoms with E-state index in [0.717, 1.165) is 12.8 Å². The Morgan fingerprint density at radius 2 is 1.73 bits per heavy atom. The van der Waals surface area contributed by atoms with E-state index in [2.05, 4.69) is 22.9 Å². The molecule has 0 aliphatic carbocycles. The molecule has 4 heteroatoms. The monoisotopic (exact) mass is 280 g/mol. The van der Waals surface area contributed by atoms with Crippen LogP contribution < -0.4 is 0 Å². The highest BCUT2D eigenvalue weighted by Crippen LogP contribution is 2.14. The standard InChI is InChI=1S/C11H21BrO3/c1-2-3-4-5-6-7-8-9(13)10(12)11(14)15/h9-10,13H,2-8H2,1H3,(H,14,15). The summed E-state index contributed by atoms with van der Waals surface area (Å²) < 4.78 is 0. The van der Waals surface area contributed by atoms with Crippen LogP contribution in [0, 0.1) is 0 Å². The van der Waals surface area contributed by atoms with Gasteiger partial charge in [-0.15, -0.1) is 0 Å². The number of hydrogen-bond acceptors (Lipinski definition) is 2. The maximum absolute atomic E-state index is 10.5. The Morgan fingerprint density at radius 1 is 1.20 bits per heavy atom. The summed E-state index contributed by atoms with van der Waals surface area (Å²) >= 11 is 2.95. The van der Waals surface area contributed by atoms with Crippen LogP contribution in [0.4, 0.5) is 0 Å². The number of hydrogen-bond donors (Lipinski definition) is 2. The Morgan fingerprint density at radius 3 is 2.27 bits per heavy atom. The molecular weight excluding hydrogens is 260 g/mol. The van der Waals surface area contributed by atoms with Crippen LogP contribution in [0.1, 0.15) is 51.9 Å². The molecule has 0 aliphatic heterocycles. The second-order valence-electron chi connectivity index (χ2n) is 3.86. The van der Waals surface area contributed by atoms with Gasteiger partial charge in [0.25, 0.3) is 0 Å². The van der Waals surface area contributed by atoms with Crippen molar-refractivity contribution in [2.24, 2.45) is 0 Å². The van der Waals surface area contributed by atoms with Gasteiger partial charge in [-0.1, -0.05) is 61.4 Å². The summed E-state index contributed by atoms with van der Waals surface area (Å²) in [5.41, 5.74) is 0. The number of carboxylic acids is 1. The van der Waals surface area contributed by atoms with Gasteiger partial charge < -0.3 is 10.2 Å². The minimum atomic E-state index is -0.992. The summed E-state index contributed by atoms with van der Waals surface area (Å²) in [6.45, 7) is 2.17. The predicted octanol–water partition coefficient (Wildman–Crippen LogP) is 2.95. The van der Waals surface area contributed by atoms with Crippen molar-refractivity contribution in [3.63, 3.8) is 0 Å². The first-order chi connectivity index (χ1) is 7.09. The van der Waals surface area contributed by atoms with Crippen molar-refractivity contribution in [3.8, 4) is 0 Å². The fourth-order valence-corrected chi connectivity index (χ4v) is 1.71. The van der Waals surface area contributed by atoms with Crippen molar-refractivity contribution in [1.29, 1.82) is 0 Å². The third-order valence-corrected chi connectivity index (χ3v) is 3.43. The zero-order valence-electron chi connectivity index (χ0n) is 9.29. The van der Waals surface area contributed by atoms with Gasteiger partial charge in [-0.3, -0.25) is 4.79 Å². The molecule has 15 heavy (non-hydrogen) atoms. The van der Waals surface area contributed by atoms with Crippen LogP contribution in [0.15, 0.2) is 0 Å². The number of aliphatic carboxylic acids is 1. The SMILES string of the molecule is CCCCCCCCC(O)C(Br)C(=O)O. The molecule has 0 fully saturated rings. The van der Waals surface area contributed by atoms with Crippen molar-refractivity contribution in [3.05, 3.63) is 0 Å². The Kier molecular flexibility index (Phi) is 9.10. The van der Waals surface area contributed by atoms with Crippen molar-refractivity contribution in [2.45, 2.75) is 62.8 Å². The van der Waals surface area contributed by atoms with Crippen LogP contribution in [0.2, 0.25) is 0 Å². The molecule has 0 aromatic heterocycles. The normalized spacial score (nSPS) is 14.9. The summed E-state index contributed by atoms with van der Waals surface area (Å²) in [5, 5.41) is 18.1. The van der Waals surface area contributed by atoms with E-state index in [0.29, 0.717) is 6.42 Å². The lowest BCUT2D eigenvalue weighted by Crippen LogP contribution is -2.28. The second-order valence-corrected chi connectivity index (χ2v) is 4.85. The number of carbonyl (C=O) groups is 1. The Hall–Kier alpha value is -0.0900. The van der Waals surface area contributed by atoms with Crippen LogP contribution in [-0.2, 0) is 4.79 Å². The number of aliphatic hydroxyl groups is 1. The van der Waals surface area contributed by atoms with Gasteiger partial charge in [-0.25, -0.2) is 0 Å². The quantitative estimate of drug-likeness (QED) is 0.504. The molecular formula is C11H21BrO3. The zero-order chi connectivity index (χ0) is 11.7. The summed E-state index contributed by atoms with van der Waals surface area (Å²) in [7, 11) is 0. The first-order valence-corrected chi connectivity index (χ1v) is 6.56. The second kappa shape index (κ2) is 9.16. The summed E-state index contributed by atoms with van der Waals surface area (Å²) in [6, 6.07) is 0. The lowest BCUT2D eigenvalue weighted by Gasteiger charge is -2.12. The number of alkyl halides is 1. The molecule has 0 saturated carbocycles. The first kappa shape index (κ1) is 14.9. The lowest BCUT2D eigenvalue weighted by atomic mass is 10.1. The van der Waals surface area contributed by atoms with Gasteiger partial charge in [0.05, 0.1) is 6.10 Å². The van der Waals surface area contributed by atoms with Crippen molar-refractivity contribution in [1.82, 2.24) is 0 Å². The lowest BCUT2D eigenvalue weighted by molar-refractivity contribution is -0.138. The van der Waals surface area contributed by atoms with Gasteiger partial charge in [0.1, 0.15) is 4.83 Å². The molecule has 0 amide bonds. The Bertz CT molecular complexity index is 173. The van der Waals surface area contributed by atoms with Gasteiger partial charge in [0.2, 0.25) is 0 Å². The molecule has 2 atom stereocenters. The van der Waals surface area contributed by atoms with E-state index >= 15 is 0 Å². The average Bonchev–Trinajstić information content (AvgIpc) is 2.21. The van der Waals surface area contributed by atoms with Crippen LogP contribution in [0.5, 0.6) is 0 Å². The highest BCUT2D eigenvalue weighted by atomic mass is 79.9. The van der Waals surface area contributed by atoms with E-state index in [1.807, 2.05) is 0 Å². The van der Waals surface area contributed by atoms with Crippen molar-refractivity contribution >= 4 is 21.9 Å². The van der Waals surface area contributed by atoms with E-state index in [9.17, 15) is 9.90 Å². The number of unbranched alkanes of at least 4 members (excludes halogenated alkanes) is 5. The fourth-order valence-electron chi connectivity index (χ4n) is 1.44. The Balaban J connectivity index is 3.38. The third-order valence-electron chi connectivity index (χ3n) is 2.43. The van der Waals surface area contributed by atoms with E-state index in [1.54, 1.807) is 0 Å². The van der Waals surface area contributed by atoms with Crippen LogP contribution in [-0.4, -0.2) is 27.1 Å².